The number of amides is 2. The largest absolute Gasteiger partial charge is 0.379 e. The highest BCUT2D eigenvalue weighted by molar-refractivity contribution is 6.05. The van der Waals surface area contributed by atoms with E-state index in [0.717, 1.165) is 61.2 Å². The van der Waals surface area contributed by atoms with E-state index >= 15 is 0 Å². The van der Waals surface area contributed by atoms with Crippen LogP contribution in [0.3, 0.4) is 0 Å². The lowest BCUT2D eigenvalue weighted by Crippen LogP contribution is -2.35. The number of carbonyl (C=O) groups excluding carboxylic acids is 2. The van der Waals surface area contributed by atoms with E-state index in [4.69, 9.17) is 4.74 Å². The Balaban J connectivity index is 1.29. The number of hydrogen-bond acceptors (Lipinski definition) is 7. The van der Waals surface area contributed by atoms with Crippen molar-refractivity contribution in [3.63, 3.8) is 0 Å². The minimum Gasteiger partial charge on any atom is -0.379 e. The van der Waals surface area contributed by atoms with Crippen molar-refractivity contribution >= 4 is 34.8 Å². The predicted octanol–water partition coefficient (Wildman–Crippen LogP) is 4.88. The van der Waals surface area contributed by atoms with E-state index in [9.17, 15) is 9.59 Å². The zero-order valence-corrected chi connectivity index (χ0v) is 24.3. The van der Waals surface area contributed by atoms with Crippen LogP contribution >= 0.6 is 0 Å². The number of anilines is 2. The lowest BCUT2D eigenvalue weighted by atomic mass is 10.0. The molecule has 216 valence electrons. The molecule has 2 saturated heterocycles. The topological polar surface area (TPSA) is 114 Å². The molecule has 0 saturated carbocycles. The minimum atomic E-state index is -0.293. The molecular weight excluding hydrogens is 518 g/mol. The summed E-state index contributed by atoms with van der Waals surface area (Å²) in [4.78, 5) is 37.0. The first-order valence-corrected chi connectivity index (χ1v) is 14.4. The Bertz CT molecular complexity index is 1440. The summed E-state index contributed by atoms with van der Waals surface area (Å²) in [6.45, 7) is 10.7. The average Bonchev–Trinajstić information content (AvgIpc) is 3.73. The maximum Gasteiger partial charge on any atom is 0.257 e. The SMILES string of the molecule is CC/C(=C\c1cc(C(=O)Nc2cc(NC(=O)CN3CCCC3C)cnc2C)cnc1C)c1cnn(C2CCOC2)c1. The summed E-state index contributed by atoms with van der Waals surface area (Å²) < 4.78 is 7.50. The second-order valence-electron chi connectivity index (χ2n) is 11.0. The van der Waals surface area contributed by atoms with Crippen molar-refractivity contribution in [2.45, 2.75) is 65.5 Å². The molecule has 0 aromatic carbocycles. The molecule has 2 atom stereocenters. The third kappa shape index (κ3) is 6.89. The molecule has 5 heterocycles. The van der Waals surface area contributed by atoms with E-state index in [-0.39, 0.29) is 17.9 Å². The number of nitrogens with zero attached hydrogens (tertiary/aromatic N) is 5. The Kier molecular flexibility index (Phi) is 8.90. The highest BCUT2D eigenvalue weighted by Crippen LogP contribution is 2.26. The van der Waals surface area contributed by atoms with Gasteiger partial charge in [0, 0.05) is 36.3 Å². The Labute approximate surface area is 241 Å². The summed E-state index contributed by atoms with van der Waals surface area (Å²) >= 11 is 0. The van der Waals surface area contributed by atoms with E-state index in [2.05, 4.69) is 56.7 Å². The highest BCUT2D eigenvalue weighted by atomic mass is 16.5. The number of allylic oxidation sites excluding steroid dienone is 1. The van der Waals surface area contributed by atoms with Gasteiger partial charge in [0.2, 0.25) is 5.91 Å². The molecule has 2 unspecified atom stereocenters. The number of hydrogen-bond donors (Lipinski definition) is 2. The van der Waals surface area contributed by atoms with Gasteiger partial charge in [-0.3, -0.25) is 29.1 Å². The van der Waals surface area contributed by atoms with Crippen LogP contribution in [0.1, 0.15) is 78.4 Å². The number of rotatable bonds is 9. The quantitative estimate of drug-likeness (QED) is 0.386. The van der Waals surface area contributed by atoms with E-state index in [1.807, 2.05) is 30.8 Å². The van der Waals surface area contributed by atoms with Crippen molar-refractivity contribution in [1.29, 1.82) is 0 Å². The molecular formula is C31H39N7O3. The van der Waals surface area contributed by atoms with Gasteiger partial charge in [-0.1, -0.05) is 6.92 Å². The number of aryl methyl sites for hydroxylation is 2. The van der Waals surface area contributed by atoms with Gasteiger partial charge in [-0.25, -0.2) is 0 Å². The van der Waals surface area contributed by atoms with Crippen LogP contribution in [0.5, 0.6) is 0 Å². The molecule has 2 aliphatic heterocycles. The maximum absolute atomic E-state index is 13.3. The van der Waals surface area contributed by atoms with Crippen LogP contribution in [0.25, 0.3) is 11.6 Å². The fraction of sp³-hybridized carbons (Fsp3) is 0.452. The summed E-state index contributed by atoms with van der Waals surface area (Å²) in [5.74, 6) is -0.381. The van der Waals surface area contributed by atoms with Gasteiger partial charge in [-0.05, 0) is 82.3 Å². The van der Waals surface area contributed by atoms with E-state index in [1.54, 1.807) is 18.5 Å². The molecule has 2 aliphatic rings. The summed E-state index contributed by atoms with van der Waals surface area (Å²) in [5.41, 5.74) is 6.05. The van der Waals surface area contributed by atoms with Crippen LogP contribution in [0.15, 0.2) is 36.9 Å². The Hall–Kier alpha value is -3.89. The van der Waals surface area contributed by atoms with Gasteiger partial charge < -0.3 is 15.4 Å². The molecule has 2 amide bonds. The zero-order chi connectivity index (χ0) is 28.9. The summed E-state index contributed by atoms with van der Waals surface area (Å²) in [6.07, 6.45) is 13.2. The molecule has 10 heteroatoms. The monoisotopic (exact) mass is 557 g/mol. The van der Waals surface area contributed by atoms with Crippen LogP contribution in [-0.2, 0) is 9.53 Å². The van der Waals surface area contributed by atoms with Gasteiger partial charge >= 0.3 is 0 Å². The molecule has 2 N–H and O–H groups in total. The molecule has 41 heavy (non-hydrogen) atoms. The molecule has 5 rings (SSSR count). The molecule has 3 aromatic heterocycles. The third-order valence-corrected chi connectivity index (χ3v) is 8.01. The van der Waals surface area contributed by atoms with Crippen LogP contribution < -0.4 is 10.6 Å². The predicted molar refractivity (Wildman–Crippen MR) is 160 cm³/mol. The molecule has 0 radical (unpaired) electrons. The van der Waals surface area contributed by atoms with Crippen molar-refractivity contribution in [2.24, 2.45) is 0 Å². The van der Waals surface area contributed by atoms with Crippen molar-refractivity contribution in [1.82, 2.24) is 24.6 Å². The number of nitrogens with one attached hydrogen (secondary N) is 2. The molecule has 3 aromatic rings. The van der Waals surface area contributed by atoms with Crippen LogP contribution in [-0.4, -0.2) is 68.8 Å². The van der Waals surface area contributed by atoms with Gasteiger partial charge in [0.1, 0.15) is 0 Å². The van der Waals surface area contributed by atoms with Gasteiger partial charge in [-0.15, -0.1) is 0 Å². The third-order valence-electron chi connectivity index (χ3n) is 8.01. The molecule has 2 fully saturated rings. The second-order valence-corrected chi connectivity index (χ2v) is 11.0. The van der Waals surface area contributed by atoms with E-state index in [1.165, 1.54) is 0 Å². The number of ether oxygens (including phenoxy) is 1. The number of carbonyl (C=O) groups is 2. The van der Waals surface area contributed by atoms with Gasteiger partial charge in [0.25, 0.3) is 5.91 Å². The zero-order valence-electron chi connectivity index (χ0n) is 24.3. The standard InChI is InChI=1S/C31H39N7O3/c1-5-23(26-15-34-38(17-26)28-8-10-41-19-28)11-24-12-25(14-32-21(24)3)31(40)36-29-13-27(16-33-22(29)4)35-30(39)18-37-9-6-7-20(37)2/h11-17,20,28H,5-10,18-19H2,1-4H3,(H,35,39)(H,36,40)/b23-11+. The summed E-state index contributed by atoms with van der Waals surface area (Å²) in [6, 6.07) is 4.29. The van der Waals surface area contributed by atoms with Crippen LogP contribution in [0.4, 0.5) is 11.4 Å². The lowest BCUT2D eigenvalue weighted by Gasteiger charge is -2.20. The van der Waals surface area contributed by atoms with Crippen molar-refractivity contribution in [3.05, 3.63) is 65.0 Å². The van der Waals surface area contributed by atoms with Gasteiger partial charge in [0.05, 0.1) is 54.2 Å². The van der Waals surface area contributed by atoms with Gasteiger partial charge in [0.15, 0.2) is 0 Å². The first-order valence-electron chi connectivity index (χ1n) is 14.4. The van der Waals surface area contributed by atoms with Crippen molar-refractivity contribution < 1.29 is 14.3 Å². The van der Waals surface area contributed by atoms with Gasteiger partial charge in [-0.2, -0.15) is 5.10 Å². The smallest absolute Gasteiger partial charge is 0.257 e. The van der Waals surface area contributed by atoms with Crippen molar-refractivity contribution in [3.8, 4) is 0 Å². The molecule has 0 aliphatic carbocycles. The molecule has 0 bridgehead atoms. The highest BCUT2D eigenvalue weighted by Gasteiger charge is 2.23. The van der Waals surface area contributed by atoms with Crippen LogP contribution in [0, 0.1) is 13.8 Å². The fourth-order valence-corrected chi connectivity index (χ4v) is 5.37. The molecule has 10 nitrogen and oxygen atoms in total. The normalized spacial score (nSPS) is 19.5. The number of likely N-dealkylation sites (tertiary alicyclic amines) is 1. The Morgan fingerprint density at radius 1 is 1.07 bits per heavy atom. The minimum absolute atomic E-state index is 0.0882. The Morgan fingerprint density at radius 2 is 1.90 bits per heavy atom. The van der Waals surface area contributed by atoms with Crippen LogP contribution in [0.2, 0.25) is 0 Å². The number of aromatic nitrogens is 4. The summed E-state index contributed by atoms with van der Waals surface area (Å²) in [5, 5.41) is 10.4. The van der Waals surface area contributed by atoms with E-state index in [0.29, 0.717) is 41.8 Å². The first-order chi connectivity index (χ1) is 19.8. The first kappa shape index (κ1) is 28.6. The molecule has 0 spiro atoms. The average molecular weight is 558 g/mol. The fourth-order valence-electron chi connectivity index (χ4n) is 5.37. The number of pyridine rings is 2. The maximum atomic E-state index is 13.3. The van der Waals surface area contributed by atoms with E-state index < -0.39 is 0 Å². The summed E-state index contributed by atoms with van der Waals surface area (Å²) in [7, 11) is 0. The Morgan fingerprint density at radius 3 is 2.63 bits per heavy atom. The van der Waals surface area contributed by atoms with Crippen molar-refractivity contribution in [2.75, 3.05) is 36.9 Å². The second kappa shape index (κ2) is 12.7. The lowest BCUT2D eigenvalue weighted by molar-refractivity contribution is -0.117.